The monoisotopic (exact) mass is 219 g/mol. The predicted octanol–water partition coefficient (Wildman–Crippen LogP) is 0.676. The second kappa shape index (κ2) is 3.34. The Labute approximate surface area is 83.4 Å². The molecule has 0 atom stereocenters. The van der Waals surface area contributed by atoms with E-state index in [-0.39, 0.29) is 19.0 Å². The van der Waals surface area contributed by atoms with Crippen LogP contribution in [0.2, 0.25) is 0 Å². The average molecular weight is 219 g/mol. The minimum Gasteiger partial charge on any atom is -0.389 e. The number of rotatable bonds is 1. The van der Waals surface area contributed by atoms with Crippen LogP contribution >= 0.6 is 0 Å². The summed E-state index contributed by atoms with van der Waals surface area (Å²) < 4.78 is 36.8. The second-order valence-electron chi connectivity index (χ2n) is 3.30. The summed E-state index contributed by atoms with van der Waals surface area (Å²) in [6, 6.07) is 0.819. The quantitative estimate of drug-likeness (QED) is 0.754. The Morgan fingerprint density at radius 3 is 2.60 bits per heavy atom. The first kappa shape index (κ1) is 10.2. The lowest BCUT2D eigenvalue weighted by Crippen LogP contribution is -2.51. The van der Waals surface area contributed by atoms with Gasteiger partial charge in [0.25, 0.3) is 0 Å². The van der Waals surface area contributed by atoms with Gasteiger partial charge in [-0.05, 0) is 6.07 Å². The first-order valence-corrected chi connectivity index (χ1v) is 4.30. The van der Waals surface area contributed by atoms with Crippen molar-refractivity contribution in [3.63, 3.8) is 0 Å². The fourth-order valence-corrected chi connectivity index (χ4v) is 1.28. The molecule has 0 saturated carbocycles. The van der Waals surface area contributed by atoms with Crippen molar-refractivity contribution in [3.8, 4) is 0 Å². The van der Waals surface area contributed by atoms with Gasteiger partial charge in [0.15, 0.2) is 0 Å². The van der Waals surface area contributed by atoms with Crippen molar-refractivity contribution in [2.24, 2.45) is 0 Å². The number of alkyl halides is 3. The van der Waals surface area contributed by atoms with Gasteiger partial charge in [-0.15, -0.1) is 0 Å². The van der Waals surface area contributed by atoms with E-state index in [9.17, 15) is 13.2 Å². The van der Waals surface area contributed by atoms with E-state index in [0.29, 0.717) is 0 Å². The number of aromatic nitrogens is 2. The average Bonchev–Trinajstić information content (AvgIpc) is 2.12. The number of β-amino-alcohol motifs (C(OH)–C–C–N with tert-alkyl or cyclic N) is 1. The molecule has 1 aromatic rings. The SMILES string of the molecule is OC1CN(c2nccc(C(F)(F)F)n2)C1. The molecule has 1 fully saturated rings. The van der Waals surface area contributed by atoms with Crippen molar-refractivity contribution in [2.75, 3.05) is 18.0 Å². The van der Waals surface area contributed by atoms with Crippen molar-refractivity contribution in [1.82, 2.24) is 9.97 Å². The Bertz CT molecular complexity index is 362. The highest BCUT2D eigenvalue weighted by molar-refractivity contribution is 5.35. The van der Waals surface area contributed by atoms with E-state index in [4.69, 9.17) is 5.11 Å². The number of nitrogens with zero attached hydrogens (tertiary/aromatic N) is 3. The van der Waals surface area contributed by atoms with E-state index in [1.165, 1.54) is 4.90 Å². The molecule has 0 aliphatic carbocycles. The Morgan fingerprint density at radius 1 is 1.40 bits per heavy atom. The smallest absolute Gasteiger partial charge is 0.389 e. The third kappa shape index (κ3) is 2.01. The molecule has 1 N–H and O–H groups in total. The number of aliphatic hydroxyl groups is 1. The van der Waals surface area contributed by atoms with E-state index in [1.54, 1.807) is 0 Å². The lowest BCUT2D eigenvalue weighted by Gasteiger charge is -2.35. The van der Waals surface area contributed by atoms with E-state index in [0.717, 1.165) is 12.3 Å². The van der Waals surface area contributed by atoms with Gasteiger partial charge >= 0.3 is 6.18 Å². The van der Waals surface area contributed by atoms with Crippen molar-refractivity contribution in [1.29, 1.82) is 0 Å². The molecule has 0 unspecified atom stereocenters. The molecule has 1 aromatic heterocycles. The molecule has 2 heterocycles. The molecular weight excluding hydrogens is 211 g/mol. The summed E-state index contributed by atoms with van der Waals surface area (Å²) in [6.07, 6.45) is -3.89. The molecule has 0 bridgehead atoms. The molecule has 2 rings (SSSR count). The number of hydrogen-bond acceptors (Lipinski definition) is 4. The van der Waals surface area contributed by atoms with Gasteiger partial charge in [0.05, 0.1) is 6.10 Å². The molecule has 1 aliphatic heterocycles. The molecule has 1 saturated heterocycles. The van der Waals surface area contributed by atoms with Crippen LogP contribution < -0.4 is 4.90 Å². The van der Waals surface area contributed by atoms with Crippen molar-refractivity contribution in [3.05, 3.63) is 18.0 Å². The minimum atomic E-state index is -4.46. The maximum Gasteiger partial charge on any atom is 0.433 e. The summed E-state index contributed by atoms with van der Waals surface area (Å²) in [4.78, 5) is 8.58. The topological polar surface area (TPSA) is 49.2 Å². The van der Waals surface area contributed by atoms with Crippen LogP contribution in [0.1, 0.15) is 5.69 Å². The molecule has 82 valence electrons. The van der Waals surface area contributed by atoms with Crippen LogP contribution in [0.5, 0.6) is 0 Å². The lowest BCUT2D eigenvalue weighted by atomic mass is 10.2. The zero-order valence-electron chi connectivity index (χ0n) is 7.57. The van der Waals surface area contributed by atoms with Crippen molar-refractivity contribution in [2.45, 2.75) is 12.3 Å². The molecule has 0 aromatic carbocycles. The molecule has 15 heavy (non-hydrogen) atoms. The van der Waals surface area contributed by atoms with Crippen LogP contribution in [0.3, 0.4) is 0 Å². The van der Waals surface area contributed by atoms with Gasteiger partial charge in [0.2, 0.25) is 5.95 Å². The van der Waals surface area contributed by atoms with E-state index >= 15 is 0 Å². The molecule has 0 amide bonds. The van der Waals surface area contributed by atoms with Gasteiger partial charge in [-0.25, -0.2) is 9.97 Å². The van der Waals surface area contributed by atoms with Crippen molar-refractivity contribution < 1.29 is 18.3 Å². The normalized spacial score (nSPS) is 17.7. The number of hydrogen-bond donors (Lipinski definition) is 1. The highest BCUT2D eigenvalue weighted by atomic mass is 19.4. The van der Waals surface area contributed by atoms with Gasteiger partial charge < -0.3 is 10.0 Å². The first-order chi connectivity index (χ1) is 6.97. The highest BCUT2D eigenvalue weighted by Crippen LogP contribution is 2.28. The molecular formula is C8H8F3N3O. The largest absolute Gasteiger partial charge is 0.433 e. The van der Waals surface area contributed by atoms with Crippen LogP contribution in [0.25, 0.3) is 0 Å². The molecule has 7 heteroatoms. The van der Waals surface area contributed by atoms with Crippen LogP contribution in [-0.4, -0.2) is 34.3 Å². The summed E-state index contributed by atoms with van der Waals surface area (Å²) in [5, 5.41) is 8.99. The number of aliphatic hydroxyl groups excluding tert-OH is 1. The summed E-state index contributed by atoms with van der Waals surface area (Å²) in [7, 11) is 0. The molecule has 0 spiro atoms. The lowest BCUT2D eigenvalue weighted by molar-refractivity contribution is -0.141. The maximum absolute atomic E-state index is 12.3. The Kier molecular flexibility index (Phi) is 2.26. The van der Waals surface area contributed by atoms with E-state index in [1.807, 2.05) is 0 Å². The zero-order valence-corrected chi connectivity index (χ0v) is 7.57. The second-order valence-corrected chi connectivity index (χ2v) is 3.30. The third-order valence-electron chi connectivity index (χ3n) is 2.08. The fourth-order valence-electron chi connectivity index (χ4n) is 1.28. The van der Waals surface area contributed by atoms with Gasteiger partial charge in [-0.3, -0.25) is 0 Å². The van der Waals surface area contributed by atoms with E-state index in [2.05, 4.69) is 9.97 Å². The summed E-state index contributed by atoms with van der Waals surface area (Å²) >= 11 is 0. The van der Waals surface area contributed by atoms with Crippen molar-refractivity contribution >= 4 is 5.95 Å². The summed E-state index contributed by atoms with van der Waals surface area (Å²) in [6.45, 7) is 0.558. The third-order valence-corrected chi connectivity index (χ3v) is 2.08. The molecule has 0 radical (unpaired) electrons. The highest BCUT2D eigenvalue weighted by Gasteiger charge is 2.34. The number of anilines is 1. The summed E-state index contributed by atoms with van der Waals surface area (Å²) in [5.41, 5.74) is -0.964. The zero-order chi connectivity index (χ0) is 11.1. The Morgan fingerprint density at radius 2 is 2.07 bits per heavy atom. The Hall–Kier alpha value is -1.37. The first-order valence-electron chi connectivity index (χ1n) is 4.30. The molecule has 1 aliphatic rings. The van der Waals surface area contributed by atoms with Crippen LogP contribution in [0, 0.1) is 0 Å². The van der Waals surface area contributed by atoms with Gasteiger partial charge in [-0.2, -0.15) is 13.2 Å². The predicted molar refractivity (Wildman–Crippen MR) is 45.3 cm³/mol. The maximum atomic E-state index is 12.3. The fraction of sp³-hybridized carbons (Fsp3) is 0.500. The standard InChI is InChI=1S/C8H8F3N3O/c9-8(10,11)6-1-2-12-7(13-6)14-3-5(15)4-14/h1-2,5,15H,3-4H2. The van der Waals surface area contributed by atoms with Gasteiger partial charge in [0, 0.05) is 19.3 Å². The van der Waals surface area contributed by atoms with E-state index < -0.39 is 18.0 Å². The van der Waals surface area contributed by atoms with Gasteiger partial charge in [-0.1, -0.05) is 0 Å². The van der Waals surface area contributed by atoms with Crippen LogP contribution in [-0.2, 0) is 6.18 Å². The Balaban J connectivity index is 2.20. The number of halogens is 3. The summed E-state index contributed by atoms with van der Waals surface area (Å²) in [5.74, 6) is 0.00938. The minimum absolute atomic E-state index is 0.00938. The molecule has 4 nitrogen and oxygen atoms in total. The van der Waals surface area contributed by atoms with Crippen LogP contribution in [0.15, 0.2) is 12.3 Å². The van der Waals surface area contributed by atoms with Gasteiger partial charge in [0.1, 0.15) is 5.69 Å². The van der Waals surface area contributed by atoms with Crippen LogP contribution in [0.4, 0.5) is 19.1 Å².